The first-order chi connectivity index (χ1) is 12.2. The van der Waals surface area contributed by atoms with Crippen LogP contribution in [0.2, 0.25) is 0 Å². The third kappa shape index (κ3) is 4.02. The fraction of sp³-hybridized carbons (Fsp3) is 0.381. The number of amides is 1. The molecule has 1 unspecified atom stereocenters. The lowest BCUT2D eigenvalue weighted by atomic mass is 10.0. The fourth-order valence-electron chi connectivity index (χ4n) is 3.38. The summed E-state index contributed by atoms with van der Waals surface area (Å²) < 4.78 is 5.85. The molecule has 2 N–H and O–H groups in total. The van der Waals surface area contributed by atoms with Gasteiger partial charge in [0.15, 0.2) is 0 Å². The number of nitrogens with zero attached hydrogens (tertiary/aromatic N) is 1. The van der Waals surface area contributed by atoms with E-state index < -0.39 is 0 Å². The summed E-state index contributed by atoms with van der Waals surface area (Å²) in [5, 5.41) is 0. The fourth-order valence-corrected chi connectivity index (χ4v) is 3.38. The predicted octanol–water partition coefficient (Wildman–Crippen LogP) is 3.70. The van der Waals surface area contributed by atoms with Crippen molar-refractivity contribution in [3.05, 3.63) is 65.2 Å². The summed E-state index contributed by atoms with van der Waals surface area (Å²) >= 11 is 0. The maximum atomic E-state index is 13.2. The molecule has 4 nitrogen and oxygen atoms in total. The number of likely N-dealkylation sites (tertiary alicyclic amines) is 1. The summed E-state index contributed by atoms with van der Waals surface area (Å²) in [4.78, 5) is 15.2. The molecule has 0 aromatic heterocycles. The van der Waals surface area contributed by atoms with Crippen molar-refractivity contribution in [2.24, 2.45) is 5.73 Å². The maximum absolute atomic E-state index is 13.2. The molecule has 1 aliphatic rings. The van der Waals surface area contributed by atoms with Gasteiger partial charge < -0.3 is 15.4 Å². The van der Waals surface area contributed by atoms with E-state index in [4.69, 9.17) is 10.5 Å². The van der Waals surface area contributed by atoms with Crippen molar-refractivity contribution < 1.29 is 9.53 Å². The van der Waals surface area contributed by atoms with Crippen LogP contribution in [0.3, 0.4) is 0 Å². The number of hydrogen-bond donors (Lipinski definition) is 1. The summed E-state index contributed by atoms with van der Waals surface area (Å²) in [6.07, 6.45) is 2.81. The van der Waals surface area contributed by atoms with Gasteiger partial charge in [-0.15, -0.1) is 0 Å². The zero-order valence-corrected chi connectivity index (χ0v) is 14.8. The molecule has 25 heavy (non-hydrogen) atoms. The molecule has 2 aromatic rings. The molecule has 3 rings (SSSR count). The van der Waals surface area contributed by atoms with Gasteiger partial charge in [0.05, 0.1) is 18.2 Å². The Hall–Kier alpha value is -2.33. The molecule has 0 aliphatic carbocycles. The van der Waals surface area contributed by atoms with Crippen LogP contribution in [-0.2, 0) is 0 Å². The number of rotatable bonds is 6. The van der Waals surface area contributed by atoms with Crippen molar-refractivity contribution in [3.8, 4) is 5.75 Å². The van der Waals surface area contributed by atoms with Gasteiger partial charge in [-0.05, 0) is 56.0 Å². The largest absolute Gasteiger partial charge is 0.493 e. The van der Waals surface area contributed by atoms with E-state index in [-0.39, 0.29) is 11.9 Å². The van der Waals surface area contributed by atoms with E-state index in [0.29, 0.717) is 24.5 Å². The van der Waals surface area contributed by atoms with Crippen molar-refractivity contribution >= 4 is 5.91 Å². The van der Waals surface area contributed by atoms with E-state index >= 15 is 0 Å². The Balaban J connectivity index is 1.84. The van der Waals surface area contributed by atoms with E-state index in [0.717, 1.165) is 31.4 Å². The van der Waals surface area contributed by atoms with Crippen LogP contribution in [0.25, 0.3) is 0 Å². The molecular formula is C21H26N2O2. The maximum Gasteiger partial charge on any atom is 0.258 e. The summed E-state index contributed by atoms with van der Waals surface area (Å²) in [6.45, 7) is 3.90. The van der Waals surface area contributed by atoms with E-state index in [1.54, 1.807) is 0 Å². The lowest BCUT2D eigenvalue weighted by molar-refractivity contribution is 0.0731. The van der Waals surface area contributed by atoms with Crippen LogP contribution in [0, 0.1) is 6.92 Å². The number of nitrogens with two attached hydrogens (primary N) is 1. The summed E-state index contributed by atoms with van der Waals surface area (Å²) in [6, 6.07) is 16.2. The highest BCUT2D eigenvalue weighted by Crippen LogP contribution is 2.34. The number of aryl methyl sites for hydroxylation is 1. The normalized spacial score (nSPS) is 16.9. The van der Waals surface area contributed by atoms with E-state index in [2.05, 4.69) is 12.1 Å². The molecule has 1 aliphatic heterocycles. The van der Waals surface area contributed by atoms with Gasteiger partial charge in [0, 0.05) is 6.54 Å². The molecule has 1 saturated heterocycles. The Labute approximate surface area is 149 Å². The Bertz CT molecular complexity index is 715. The highest BCUT2D eigenvalue weighted by atomic mass is 16.5. The van der Waals surface area contributed by atoms with Gasteiger partial charge in [0.25, 0.3) is 5.91 Å². The molecule has 1 heterocycles. The minimum atomic E-state index is 0.0501. The average molecular weight is 338 g/mol. The topological polar surface area (TPSA) is 55.6 Å². The van der Waals surface area contributed by atoms with Crippen LogP contribution in [0.1, 0.15) is 46.8 Å². The predicted molar refractivity (Wildman–Crippen MR) is 99.8 cm³/mol. The van der Waals surface area contributed by atoms with Crippen molar-refractivity contribution in [2.75, 3.05) is 19.7 Å². The average Bonchev–Trinajstić information content (AvgIpc) is 3.12. The zero-order valence-electron chi connectivity index (χ0n) is 14.8. The van der Waals surface area contributed by atoms with E-state index in [1.165, 1.54) is 5.56 Å². The van der Waals surface area contributed by atoms with Gasteiger partial charge in [-0.3, -0.25) is 4.79 Å². The molecule has 0 bridgehead atoms. The van der Waals surface area contributed by atoms with Crippen LogP contribution >= 0.6 is 0 Å². The van der Waals surface area contributed by atoms with Gasteiger partial charge in [0.1, 0.15) is 5.75 Å². The van der Waals surface area contributed by atoms with Crippen molar-refractivity contribution in [2.45, 2.75) is 32.2 Å². The second kappa shape index (κ2) is 8.17. The summed E-state index contributed by atoms with van der Waals surface area (Å²) in [7, 11) is 0. The highest BCUT2D eigenvalue weighted by molar-refractivity contribution is 5.97. The monoisotopic (exact) mass is 338 g/mol. The van der Waals surface area contributed by atoms with Crippen LogP contribution < -0.4 is 10.5 Å². The molecule has 0 radical (unpaired) electrons. The molecule has 0 saturated carbocycles. The minimum absolute atomic E-state index is 0.0501. The molecule has 0 spiro atoms. The summed E-state index contributed by atoms with van der Waals surface area (Å²) in [5.41, 5.74) is 8.48. The first-order valence-electron chi connectivity index (χ1n) is 9.00. The number of hydrogen-bond acceptors (Lipinski definition) is 3. The number of carbonyl (C=O) groups excluding carboxylic acids is 1. The lowest BCUT2D eigenvalue weighted by Crippen LogP contribution is -2.31. The van der Waals surface area contributed by atoms with Crippen LogP contribution in [0.4, 0.5) is 0 Å². The first kappa shape index (κ1) is 17.5. The molecule has 1 amide bonds. The number of ether oxygens (including phenoxy) is 1. The van der Waals surface area contributed by atoms with Gasteiger partial charge in [-0.1, -0.05) is 36.4 Å². The highest BCUT2D eigenvalue weighted by Gasteiger charge is 2.31. The van der Waals surface area contributed by atoms with Crippen molar-refractivity contribution in [1.82, 2.24) is 4.90 Å². The van der Waals surface area contributed by atoms with Gasteiger partial charge in [-0.2, -0.15) is 0 Å². The second-order valence-electron chi connectivity index (χ2n) is 6.56. The van der Waals surface area contributed by atoms with Crippen LogP contribution in [0.5, 0.6) is 5.75 Å². The SMILES string of the molecule is Cc1ccc(C(=O)N2CCCC2c2ccccc2)c(OCCCN)c1. The van der Waals surface area contributed by atoms with Gasteiger partial charge in [0.2, 0.25) is 0 Å². The molecule has 2 aromatic carbocycles. The molecule has 4 heteroatoms. The third-order valence-electron chi connectivity index (χ3n) is 4.67. The Morgan fingerprint density at radius 1 is 1.24 bits per heavy atom. The second-order valence-corrected chi connectivity index (χ2v) is 6.56. The lowest BCUT2D eigenvalue weighted by Gasteiger charge is -2.26. The molecule has 132 valence electrons. The van der Waals surface area contributed by atoms with Gasteiger partial charge in [-0.25, -0.2) is 0 Å². The Morgan fingerprint density at radius 3 is 2.80 bits per heavy atom. The molecule has 1 atom stereocenters. The van der Waals surface area contributed by atoms with E-state index in [1.807, 2.05) is 48.2 Å². The first-order valence-corrected chi connectivity index (χ1v) is 9.00. The van der Waals surface area contributed by atoms with E-state index in [9.17, 15) is 4.79 Å². The standard InChI is InChI=1S/C21H26N2O2/c1-16-10-11-18(20(15-16)25-14-6-12-22)21(24)23-13-5-9-19(23)17-7-3-2-4-8-17/h2-4,7-8,10-11,15,19H,5-6,9,12-14,22H2,1H3. The Morgan fingerprint density at radius 2 is 2.04 bits per heavy atom. The van der Waals surface area contributed by atoms with Crippen molar-refractivity contribution in [3.63, 3.8) is 0 Å². The number of carbonyl (C=O) groups is 1. The van der Waals surface area contributed by atoms with Crippen molar-refractivity contribution in [1.29, 1.82) is 0 Å². The Kier molecular flexibility index (Phi) is 5.71. The molecule has 1 fully saturated rings. The number of benzene rings is 2. The zero-order chi connectivity index (χ0) is 17.6. The summed E-state index contributed by atoms with van der Waals surface area (Å²) in [5.74, 6) is 0.714. The van der Waals surface area contributed by atoms with Crippen LogP contribution in [-0.4, -0.2) is 30.5 Å². The minimum Gasteiger partial charge on any atom is -0.493 e. The van der Waals surface area contributed by atoms with Crippen LogP contribution in [0.15, 0.2) is 48.5 Å². The quantitative estimate of drug-likeness (QED) is 0.817. The smallest absolute Gasteiger partial charge is 0.258 e. The van der Waals surface area contributed by atoms with Gasteiger partial charge >= 0.3 is 0 Å². The molecular weight excluding hydrogens is 312 g/mol. The third-order valence-corrected chi connectivity index (χ3v) is 4.67.